The van der Waals surface area contributed by atoms with Gasteiger partial charge in [0.15, 0.2) is 0 Å². The third-order valence-electron chi connectivity index (χ3n) is 4.61. The summed E-state index contributed by atoms with van der Waals surface area (Å²) in [5, 5.41) is 0. The minimum absolute atomic E-state index is 0.435. The molecule has 8 N–H and O–H groups in total. The van der Waals surface area contributed by atoms with Gasteiger partial charge < -0.3 is 32.4 Å². The Labute approximate surface area is 168 Å². The summed E-state index contributed by atoms with van der Waals surface area (Å²) < 4.78 is 11.5. The second kappa shape index (κ2) is 12.4. The van der Waals surface area contributed by atoms with Crippen molar-refractivity contribution in [1.82, 2.24) is 0 Å². The van der Waals surface area contributed by atoms with Crippen LogP contribution in [0.25, 0.3) is 0 Å². The molecule has 0 atom stereocenters. The van der Waals surface area contributed by atoms with Gasteiger partial charge >= 0.3 is 0 Å². The van der Waals surface area contributed by atoms with Gasteiger partial charge in [-0.25, -0.2) is 0 Å². The van der Waals surface area contributed by atoms with E-state index in [9.17, 15) is 0 Å². The quantitative estimate of drug-likeness (QED) is 0.309. The molecule has 2 rings (SSSR count). The Balaban J connectivity index is 1.44. The molecule has 0 unspecified atom stereocenters. The number of rotatable bonds is 13. The van der Waals surface area contributed by atoms with Gasteiger partial charge in [-0.2, -0.15) is 0 Å². The lowest BCUT2D eigenvalue weighted by Gasteiger charge is -2.09. The van der Waals surface area contributed by atoms with Crippen LogP contribution in [-0.4, -0.2) is 13.2 Å². The highest BCUT2D eigenvalue weighted by Gasteiger charge is 2.01. The summed E-state index contributed by atoms with van der Waals surface area (Å²) in [4.78, 5) is 0. The molecule has 2 aromatic carbocycles. The molecular weight excluding hydrogens is 352 g/mol. The summed E-state index contributed by atoms with van der Waals surface area (Å²) in [7, 11) is 0. The van der Waals surface area contributed by atoms with Gasteiger partial charge in [0, 0.05) is 0 Å². The van der Waals surface area contributed by atoms with E-state index in [-0.39, 0.29) is 0 Å². The Morgan fingerprint density at radius 2 is 0.821 bits per heavy atom. The minimum Gasteiger partial charge on any atom is -0.494 e. The van der Waals surface area contributed by atoms with E-state index >= 15 is 0 Å². The molecule has 6 nitrogen and oxygen atoms in total. The molecule has 0 heterocycles. The Bertz CT molecular complexity index is 598. The third-order valence-corrected chi connectivity index (χ3v) is 4.61. The highest BCUT2D eigenvalue weighted by molar-refractivity contribution is 5.29. The van der Waals surface area contributed by atoms with Gasteiger partial charge in [0.1, 0.15) is 11.5 Å². The number of ether oxygens (including phenoxy) is 2. The van der Waals surface area contributed by atoms with Crippen LogP contribution in [0.5, 0.6) is 11.5 Å². The molecule has 0 aliphatic carbocycles. The standard InChI is InChI=1S/C22H34N4O2/c23-21(24)17-7-11-19(12-8-17)27-15-5-3-1-2-4-6-16-28-20-13-9-18(10-14-20)22(25)26/h7-14,21-22H,1-6,15-16,23-26H2. The molecule has 0 aliphatic heterocycles. The van der Waals surface area contributed by atoms with E-state index in [0.717, 1.165) is 48.7 Å². The highest BCUT2D eigenvalue weighted by atomic mass is 16.5. The highest BCUT2D eigenvalue weighted by Crippen LogP contribution is 2.16. The van der Waals surface area contributed by atoms with Crippen molar-refractivity contribution < 1.29 is 9.47 Å². The number of benzene rings is 2. The van der Waals surface area contributed by atoms with Gasteiger partial charge in [-0.3, -0.25) is 0 Å². The molecule has 6 heteroatoms. The second-order valence-corrected chi connectivity index (χ2v) is 7.01. The van der Waals surface area contributed by atoms with Crippen molar-refractivity contribution in [2.45, 2.75) is 50.9 Å². The van der Waals surface area contributed by atoms with Crippen LogP contribution in [0, 0.1) is 0 Å². The van der Waals surface area contributed by atoms with Crippen LogP contribution in [0.4, 0.5) is 0 Å². The fourth-order valence-corrected chi connectivity index (χ4v) is 2.86. The van der Waals surface area contributed by atoms with Crippen LogP contribution in [-0.2, 0) is 0 Å². The van der Waals surface area contributed by atoms with Crippen molar-refractivity contribution in [2.24, 2.45) is 22.9 Å². The fourth-order valence-electron chi connectivity index (χ4n) is 2.86. The Morgan fingerprint density at radius 1 is 0.500 bits per heavy atom. The number of nitrogens with two attached hydrogens (primary N) is 4. The van der Waals surface area contributed by atoms with E-state index in [1.165, 1.54) is 25.7 Å². The SMILES string of the molecule is NC(N)c1ccc(OCCCCCCCCOc2ccc(C(N)N)cc2)cc1. The molecule has 0 saturated heterocycles. The van der Waals surface area contributed by atoms with E-state index in [4.69, 9.17) is 32.4 Å². The van der Waals surface area contributed by atoms with Gasteiger partial charge in [0.2, 0.25) is 0 Å². The maximum absolute atomic E-state index is 5.74. The monoisotopic (exact) mass is 386 g/mol. The largest absolute Gasteiger partial charge is 0.494 e. The minimum atomic E-state index is -0.435. The van der Waals surface area contributed by atoms with Crippen LogP contribution in [0.15, 0.2) is 48.5 Å². The maximum atomic E-state index is 5.74. The fraction of sp³-hybridized carbons (Fsp3) is 0.455. The molecule has 0 aliphatic rings. The molecule has 0 radical (unpaired) electrons. The smallest absolute Gasteiger partial charge is 0.119 e. The lowest BCUT2D eigenvalue weighted by atomic mass is 10.1. The van der Waals surface area contributed by atoms with Crippen LogP contribution in [0.2, 0.25) is 0 Å². The van der Waals surface area contributed by atoms with Crippen LogP contribution in [0.3, 0.4) is 0 Å². The van der Waals surface area contributed by atoms with Crippen LogP contribution < -0.4 is 32.4 Å². The number of unbranched alkanes of at least 4 members (excludes halogenated alkanes) is 5. The predicted octanol–water partition coefficient (Wildman–Crippen LogP) is 3.32. The summed E-state index contributed by atoms with van der Waals surface area (Å²) in [5.74, 6) is 1.73. The molecule has 0 saturated carbocycles. The topological polar surface area (TPSA) is 123 Å². The lowest BCUT2D eigenvalue weighted by Crippen LogP contribution is -2.19. The summed E-state index contributed by atoms with van der Waals surface area (Å²) >= 11 is 0. The molecule has 0 bridgehead atoms. The average Bonchev–Trinajstić information content (AvgIpc) is 2.70. The normalized spacial score (nSPS) is 11.2. The van der Waals surface area contributed by atoms with Crippen LogP contribution in [0.1, 0.15) is 62.0 Å². The van der Waals surface area contributed by atoms with Gasteiger partial charge in [0.25, 0.3) is 0 Å². The first-order chi connectivity index (χ1) is 13.6. The van der Waals surface area contributed by atoms with Crippen molar-refractivity contribution in [3.63, 3.8) is 0 Å². The molecule has 2 aromatic rings. The lowest BCUT2D eigenvalue weighted by molar-refractivity contribution is 0.297. The average molecular weight is 387 g/mol. The van der Waals surface area contributed by atoms with E-state index < -0.39 is 12.3 Å². The van der Waals surface area contributed by atoms with E-state index in [0.29, 0.717) is 0 Å². The van der Waals surface area contributed by atoms with Crippen molar-refractivity contribution in [1.29, 1.82) is 0 Å². The zero-order valence-electron chi connectivity index (χ0n) is 16.6. The molecule has 0 spiro atoms. The summed E-state index contributed by atoms with van der Waals surface area (Å²) in [6, 6.07) is 15.3. The molecule has 154 valence electrons. The zero-order chi connectivity index (χ0) is 20.2. The van der Waals surface area contributed by atoms with Crippen molar-refractivity contribution in [3.8, 4) is 11.5 Å². The first kappa shape index (κ1) is 22.2. The predicted molar refractivity (Wildman–Crippen MR) is 114 cm³/mol. The van der Waals surface area contributed by atoms with Gasteiger partial charge in [-0.15, -0.1) is 0 Å². The van der Waals surface area contributed by atoms with Crippen molar-refractivity contribution in [2.75, 3.05) is 13.2 Å². The van der Waals surface area contributed by atoms with Gasteiger partial charge in [0.05, 0.1) is 25.5 Å². The molecule has 0 amide bonds. The van der Waals surface area contributed by atoms with E-state index in [1.807, 2.05) is 48.5 Å². The molecular formula is C22H34N4O2. The van der Waals surface area contributed by atoms with Crippen molar-refractivity contribution in [3.05, 3.63) is 59.7 Å². The Hall–Kier alpha value is -2.12. The third kappa shape index (κ3) is 8.27. The first-order valence-electron chi connectivity index (χ1n) is 10.0. The zero-order valence-corrected chi connectivity index (χ0v) is 16.6. The summed E-state index contributed by atoms with van der Waals surface area (Å²) in [6.45, 7) is 1.47. The molecule has 0 fully saturated rings. The van der Waals surface area contributed by atoms with Crippen LogP contribution >= 0.6 is 0 Å². The summed E-state index contributed by atoms with van der Waals surface area (Å²) in [6.07, 6.45) is 6.03. The van der Waals surface area contributed by atoms with Gasteiger partial charge in [-0.05, 0) is 48.2 Å². The van der Waals surface area contributed by atoms with Gasteiger partial charge in [-0.1, -0.05) is 49.9 Å². The van der Waals surface area contributed by atoms with Crippen molar-refractivity contribution >= 4 is 0 Å². The number of hydrogen-bond donors (Lipinski definition) is 4. The Morgan fingerprint density at radius 3 is 1.14 bits per heavy atom. The van der Waals surface area contributed by atoms with E-state index in [2.05, 4.69) is 0 Å². The van der Waals surface area contributed by atoms with E-state index in [1.54, 1.807) is 0 Å². The molecule has 28 heavy (non-hydrogen) atoms. The first-order valence-corrected chi connectivity index (χ1v) is 10.0. The second-order valence-electron chi connectivity index (χ2n) is 7.01. The summed E-state index contributed by atoms with van der Waals surface area (Å²) in [5.41, 5.74) is 24.3. The Kier molecular flexibility index (Phi) is 9.79. The maximum Gasteiger partial charge on any atom is 0.119 e. The number of hydrogen-bond acceptors (Lipinski definition) is 6. The molecule has 0 aromatic heterocycles.